The van der Waals surface area contributed by atoms with E-state index in [9.17, 15) is 9.59 Å². The minimum absolute atomic E-state index is 0.0570. The van der Waals surface area contributed by atoms with Gasteiger partial charge in [0.2, 0.25) is 0 Å². The number of ether oxygens (including phenoxy) is 1. The van der Waals surface area contributed by atoms with Crippen LogP contribution in [0.15, 0.2) is 36.4 Å². The molecule has 0 atom stereocenters. The first-order valence-corrected chi connectivity index (χ1v) is 9.60. The first-order chi connectivity index (χ1) is 13.4. The molecule has 150 valence electrons. The summed E-state index contributed by atoms with van der Waals surface area (Å²) in [5, 5.41) is 7.51. The SMILES string of the molecule is COCCC1(NC(=O)c2ccccc2)CCN(C(=O)c2cc(C)n(C)n2)CC1. The number of amides is 2. The number of likely N-dealkylation sites (tertiary alicyclic amines) is 1. The third-order valence-electron chi connectivity index (χ3n) is 5.54. The van der Waals surface area contributed by atoms with Gasteiger partial charge in [-0.2, -0.15) is 5.10 Å². The van der Waals surface area contributed by atoms with Crippen molar-refractivity contribution < 1.29 is 14.3 Å². The van der Waals surface area contributed by atoms with E-state index >= 15 is 0 Å². The average molecular weight is 384 g/mol. The van der Waals surface area contributed by atoms with Crippen LogP contribution in [0.1, 0.15) is 45.8 Å². The van der Waals surface area contributed by atoms with Crippen molar-refractivity contribution in [2.75, 3.05) is 26.8 Å². The summed E-state index contributed by atoms with van der Waals surface area (Å²) < 4.78 is 6.98. The van der Waals surface area contributed by atoms with E-state index in [1.165, 1.54) is 0 Å². The van der Waals surface area contributed by atoms with Crippen LogP contribution >= 0.6 is 0 Å². The van der Waals surface area contributed by atoms with E-state index in [2.05, 4.69) is 10.4 Å². The maximum absolute atomic E-state index is 12.8. The molecule has 1 aromatic heterocycles. The zero-order valence-corrected chi connectivity index (χ0v) is 16.8. The van der Waals surface area contributed by atoms with Crippen LogP contribution in [-0.4, -0.2) is 58.8 Å². The van der Waals surface area contributed by atoms with Crippen LogP contribution in [0.2, 0.25) is 0 Å². The lowest BCUT2D eigenvalue weighted by molar-refractivity contribution is 0.0554. The third-order valence-corrected chi connectivity index (χ3v) is 5.54. The van der Waals surface area contributed by atoms with Crippen molar-refractivity contribution in [3.05, 3.63) is 53.3 Å². The van der Waals surface area contributed by atoms with Gasteiger partial charge < -0.3 is 15.0 Å². The quantitative estimate of drug-likeness (QED) is 0.828. The highest BCUT2D eigenvalue weighted by atomic mass is 16.5. The molecule has 2 heterocycles. The van der Waals surface area contributed by atoms with E-state index < -0.39 is 0 Å². The summed E-state index contributed by atoms with van der Waals surface area (Å²) >= 11 is 0. The second kappa shape index (κ2) is 8.56. The van der Waals surface area contributed by atoms with Crippen molar-refractivity contribution >= 4 is 11.8 Å². The second-order valence-electron chi connectivity index (χ2n) is 7.43. The highest BCUT2D eigenvalue weighted by Gasteiger charge is 2.37. The number of piperidine rings is 1. The molecule has 2 amide bonds. The molecule has 0 saturated carbocycles. The van der Waals surface area contributed by atoms with E-state index in [-0.39, 0.29) is 17.4 Å². The van der Waals surface area contributed by atoms with Crippen LogP contribution in [0.5, 0.6) is 0 Å². The summed E-state index contributed by atoms with van der Waals surface area (Å²) in [5.41, 5.74) is 1.68. The van der Waals surface area contributed by atoms with Gasteiger partial charge in [-0.1, -0.05) is 18.2 Å². The number of nitrogens with one attached hydrogen (secondary N) is 1. The highest BCUT2D eigenvalue weighted by Crippen LogP contribution is 2.27. The molecule has 0 radical (unpaired) electrons. The molecule has 0 bridgehead atoms. The van der Waals surface area contributed by atoms with E-state index in [0.29, 0.717) is 50.2 Å². The number of benzene rings is 1. The predicted octanol–water partition coefficient (Wildman–Crippen LogP) is 2.17. The molecule has 1 saturated heterocycles. The molecular formula is C21H28N4O3. The molecule has 0 unspecified atom stereocenters. The number of nitrogens with zero attached hydrogens (tertiary/aromatic N) is 3. The number of carbonyl (C=O) groups is 2. The average Bonchev–Trinajstić information content (AvgIpc) is 3.06. The Morgan fingerprint density at radius 2 is 1.89 bits per heavy atom. The molecule has 28 heavy (non-hydrogen) atoms. The maximum atomic E-state index is 12.8. The molecule has 3 rings (SSSR count). The van der Waals surface area contributed by atoms with E-state index in [1.54, 1.807) is 23.9 Å². The second-order valence-corrected chi connectivity index (χ2v) is 7.43. The third kappa shape index (κ3) is 4.42. The topological polar surface area (TPSA) is 76.5 Å². The van der Waals surface area contributed by atoms with Crippen LogP contribution in [-0.2, 0) is 11.8 Å². The van der Waals surface area contributed by atoms with Gasteiger partial charge in [-0.15, -0.1) is 0 Å². The number of aryl methyl sites for hydroxylation is 2. The van der Waals surface area contributed by atoms with E-state index in [0.717, 1.165) is 5.69 Å². The van der Waals surface area contributed by atoms with E-state index in [4.69, 9.17) is 4.74 Å². The fourth-order valence-electron chi connectivity index (χ4n) is 3.60. The van der Waals surface area contributed by atoms with Gasteiger partial charge >= 0.3 is 0 Å². The summed E-state index contributed by atoms with van der Waals surface area (Å²) in [7, 11) is 3.49. The van der Waals surface area contributed by atoms with Crippen LogP contribution in [0, 0.1) is 6.92 Å². The molecule has 1 aliphatic rings. The molecule has 2 aromatic rings. The molecule has 7 heteroatoms. The Morgan fingerprint density at radius 3 is 2.46 bits per heavy atom. The van der Waals surface area contributed by atoms with E-state index in [1.807, 2.05) is 43.1 Å². The summed E-state index contributed by atoms with van der Waals surface area (Å²) in [6.45, 7) is 3.64. The molecule has 1 aliphatic heterocycles. The van der Waals surface area contributed by atoms with Gasteiger partial charge in [0.05, 0.1) is 0 Å². The lowest BCUT2D eigenvalue weighted by Gasteiger charge is -2.42. The number of rotatable bonds is 6. The van der Waals surface area contributed by atoms with Gasteiger partial charge in [0, 0.05) is 50.7 Å². The number of hydrogen-bond acceptors (Lipinski definition) is 4. The zero-order chi connectivity index (χ0) is 20.1. The standard InChI is InChI=1S/C21H28N4O3/c1-16-15-18(23-24(16)2)20(27)25-12-9-21(10-13-25,11-14-28-3)22-19(26)17-7-5-4-6-8-17/h4-8,15H,9-14H2,1-3H3,(H,22,26). The highest BCUT2D eigenvalue weighted by molar-refractivity contribution is 5.95. The normalized spacial score (nSPS) is 16.0. The molecular weight excluding hydrogens is 356 g/mol. The number of hydrogen-bond donors (Lipinski definition) is 1. The molecule has 7 nitrogen and oxygen atoms in total. The minimum Gasteiger partial charge on any atom is -0.385 e. The van der Waals surface area contributed by atoms with Gasteiger partial charge in [0.15, 0.2) is 5.69 Å². The van der Waals surface area contributed by atoms with Crippen molar-refractivity contribution in [1.29, 1.82) is 0 Å². The molecule has 1 aromatic carbocycles. The Morgan fingerprint density at radius 1 is 1.21 bits per heavy atom. The largest absolute Gasteiger partial charge is 0.385 e. The van der Waals surface area contributed by atoms with Gasteiger partial charge in [-0.05, 0) is 44.4 Å². The van der Waals surface area contributed by atoms with Crippen molar-refractivity contribution in [3.8, 4) is 0 Å². The first kappa shape index (κ1) is 20.1. The summed E-state index contributed by atoms with van der Waals surface area (Å²) in [6.07, 6.45) is 2.09. The monoisotopic (exact) mass is 384 g/mol. The lowest BCUT2D eigenvalue weighted by Crippen LogP contribution is -2.56. The predicted molar refractivity (Wildman–Crippen MR) is 106 cm³/mol. The van der Waals surface area contributed by atoms with Crippen molar-refractivity contribution in [2.45, 2.75) is 31.7 Å². The minimum atomic E-state index is -0.375. The fraction of sp³-hybridized carbons (Fsp3) is 0.476. The van der Waals surface area contributed by atoms with Crippen molar-refractivity contribution in [3.63, 3.8) is 0 Å². The maximum Gasteiger partial charge on any atom is 0.274 e. The van der Waals surface area contributed by atoms with Crippen molar-refractivity contribution in [1.82, 2.24) is 20.0 Å². The van der Waals surface area contributed by atoms with Crippen LogP contribution in [0.3, 0.4) is 0 Å². The molecule has 0 spiro atoms. The zero-order valence-electron chi connectivity index (χ0n) is 16.8. The van der Waals surface area contributed by atoms with Gasteiger partial charge in [0.1, 0.15) is 0 Å². The van der Waals surface area contributed by atoms with Gasteiger partial charge in [-0.25, -0.2) is 0 Å². The summed E-state index contributed by atoms with van der Waals surface area (Å²) in [6, 6.07) is 11.0. The molecule has 0 aliphatic carbocycles. The summed E-state index contributed by atoms with van der Waals surface area (Å²) in [5.74, 6) is -0.143. The van der Waals surface area contributed by atoms with Crippen LogP contribution in [0.25, 0.3) is 0 Å². The van der Waals surface area contributed by atoms with Crippen molar-refractivity contribution in [2.24, 2.45) is 7.05 Å². The molecule has 1 fully saturated rings. The first-order valence-electron chi connectivity index (χ1n) is 9.60. The van der Waals surface area contributed by atoms with Crippen LogP contribution < -0.4 is 5.32 Å². The summed E-state index contributed by atoms with van der Waals surface area (Å²) in [4.78, 5) is 27.3. The van der Waals surface area contributed by atoms with Crippen LogP contribution in [0.4, 0.5) is 0 Å². The number of methoxy groups -OCH3 is 1. The Balaban J connectivity index is 1.68. The fourth-order valence-corrected chi connectivity index (χ4v) is 3.60. The smallest absolute Gasteiger partial charge is 0.274 e. The Bertz CT molecular complexity index is 804. The Kier molecular flexibility index (Phi) is 6.14. The van der Waals surface area contributed by atoms with Gasteiger partial charge in [0.25, 0.3) is 11.8 Å². The lowest BCUT2D eigenvalue weighted by atomic mass is 9.84. The Hall–Kier alpha value is -2.67. The Labute approximate surface area is 165 Å². The van der Waals surface area contributed by atoms with Gasteiger partial charge in [-0.3, -0.25) is 14.3 Å². The molecule has 1 N–H and O–H groups in total. The number of aromatic nitrogens is 2. The number of carbonyl (C=O) groups excluding carboxylic acids is 2.